The first-order valence-corrected chi connectivity index (χ1v) is 7.18. The van der Waals surface area contributed by atoms with Crippen LogP contribution in [0.4, 0.5) is 0 Å². The lowest BCUT2D eigenvalue weighted by atomic mass is 10.3. The van der Waals surface area contributed by atoms with Gasteiger partial charge in [-0.05, 0) is 31.5 Å². The number of aryl methyl sites for hydroxylation is 1. The summed E-state index contributed by atoms with van der Waals surface area (Å²) in [5.41, 5.74) is 0. The summed E-state index contributed by atoms with van der Waals surface area (Å²) in [5.74, 6) is 0.448. The van der Waals surface area contributed by atoms with Crippen molar-refractivity contribution in [2.75, 3.05) is 6.54 Å². The third kappa shape index (κ3) is 5.11. The minimum Gasteiger partial charge on any atom is -0.481 e. The zero-order valence-electron chi connectivity index (χ0n) is 11.8. The van der Waals surface area contributed by atoms with Crippen molar-refractivity contribution >= 4 is 17.5 Å². The Morgan fingerprint density at radius 3 is 3.10 bits per heavy atom. The fourth-order valence-corrected chi connectivity index (χ4v) is 2.01. The average Bonchev–Trinajstić information content (AvgIpc) is 2.96. The molecule has 0 unspecified atom stereocenters. The fourth-order valence-electron chi connectivity index (χ4n) is 1.83. The molecule has 0 aliphatic heterocycles. The molecular weight excluding hydrogens is 290 g/mol. The van der Waals surface area contributed by atoms with E-state index in [2.05, 4.69) is 10.3 Å². The Morgan fingerprint density at radius 2 is 2.38 bits per heavy atom. The van der Waals surface area contributed by atoms with Crippen molar-refractivity contribution in [2.45, 2.75) is 26.0 Å². The van der Waals surface area contributed by atoms with Crippen LogP contribution in [0.2, 0.25) is 5.02 Å². The molecular formula is C15H18ClN3O2. The average molecular weight is 308 g/mol. The number of halogens is 1. The third-order valence-corrected chi connectivity index (χ3v) is 3.16. The number of carbonyl (C=O) groups excluding carboxylic acids is 1. The number of carbonyl (C=O) groups is 1. The normalized spacial score (nSPS) is 11.9. The quantitative estimate of drug-likeness (QED) is 0.800. The Hall–Kier alpha value is -2.01. The van der Waals surface area contributed by atoms with Crippen LogP contribution in [-0.4, -0.2) is 28.1 Å². The number of hydrogen-bond donors (Lipinski definition) is 1. The van der Waals surface area contributed by atoms with Crippen molar-refractivity contribution in [2.24, 2.45) is 0 Å². The number of ether oxygens (including phenoxy) is 1. The van der Waals surface area contributed by atoms with Gasteiger partial charge >= 0.3 is 0 Å². The Balaban J connectivity index is 1.70. The van der Waals surface area contributed by atoms with Crippen LogP contribution in [0.25, 0.3) is 0 Å². The van der Waals surface area contributed by atoms with Crippen molar-refractivity contribution in [1.29, 1.82) is 0 Å². The summed E-state index contributed by atoms with van der Waals surface area (Å²) in [7, 11) is 0. The number of benzene rings is 1. The lowest BCUT2D eigenvalue weighted by Crippen LogP contribution is -2.37. The molecule has 0 radical (unpaired) electrons. The molecule has 1 aromatic heterocycles. The van der Waals surface area contributed by atoms with E-state index in [9.17, 15) is 4.79 Å². The van der Waals surface area contributed by atoms with E-state index in [0.717, 1.165) is 13.0 Å². The molecule has 5 nitrogen and oxygen atoms in total. The molecule has 6 heteroatoms. The third-order valence-electron chi connectivity index (χ3n) is 2.93. The van der Waals surface area contributed by atoms with E-state index in [4.69, 9.17) is 16.3 Å². The van der Waals surface area contributed by atoms with E-state index in [0.29, 0.717) is 17.3 Å². The van der Waals surface area contributed by atoms with Gasteiger partial charge in [0.25, 0.3) is 5.91 Å². The fraction of sp³-hybridized carbons (Fsp3) is 0.333. The molecule has 1 N–H and O–H groups in total. The number of hydrogen-bond acceptors (Lipinski definition) is 3. The van der Waals surface area contributed by atoms with Gasteiger partial charge in [0.15, 0.2) is 6.10 Å². The highest BCUT2D eigenvalue weighted by Crippen LogP contribution is 2.18. The van der Waals surface area contributed by atoms with E-state index < -0.39 is 6.10 Å². The second-order valence-corrected chi connectivity index (χ2v) is 5.10. The lowest BCUT2D eigenvalue weighted by Gasteiger charge is -2.15. The van der Waals surface area contributed by atoms with Gasteiger partial charge in [0.1, 0.15) is 5.75 Å². The summed E-state index contributed by atoms with van der Waals surface area (Å²) in [5, 5.41) is 3.43. The molecule has 0 bridgehead atoms. The molecule has 1 heterocycles. The molecule has 21 heavy (non-hydrogen) atoms. The molecule has 0 aliphatic carbocycles. The van der Waals surface area contributed by atoms with Crippen LogP contribution in [0.5, 0.6) is 5.75 Å². The Kier molecular flexibility index (Phi) is 5.63. The van der Waals surface area contributed by atoms with Crippen LogP contribution >= 0.6 is 11.6 Å². The highest BCUT2D eigenvalue weighted by Gasteiger charge is 2.13. The molecule has 2 rings (SSSR count). The zero-order chi connectivity index (χ0) is 15.1. The van der Waals surface area contributed by atoms with Crippen LogP contribution in [0.3, 0.4) is 0 Å². The van der Waals surface area contributed by atoms with Gasteiger partial charge in [0.2, 0.25) is 0 Å². The van der Waals surface area contributed by atoms with Gasteiger partial charge in [-0.2, -0.15) is 0 Å². The summed E-state index contributed by atoms with van der Waals surface area (Å²) >= 11 is 5.87. The van der Waals surface area contributed by atoms with Gasteiger partial charge in [-0.15, -0.1) is 0 Å². The number of aromatic nitrogens is 2. The summed E-state index contributed by atoms with van der Waals surface area (Å²) in [4.78, 5) is 15.9. The highest BCUT2D eigenvalue weighted by atomic mass is 35.5. The molecule has 1 amide bonds. The first-order valence-electron chi connectivity index (χ1n) is 6.81. The first kappa shape index (κ1) is 15.4. The Morgan fingerprint density at radius 1 is 1.52 bits per heavy atom. The number of nitrogens with zero attached hydrogens (tertiary/aromatic N) is 2. The van der Waals surface area contributed by atoms with Gasteiger partial charge in [-0.3, -0.25) is 4.79 Å². The minimum absolute atomic E-state index is 0.138. The Bertz CT molecular complexity index is 572. The summed E-state index contributed by atoms with van der Waals surface area (Å²) < 4.78 is 7.52. The number of imidazole rings is 1. The maximum Gasteiger partial charge on any atom is 0.260 e. The van der Waals surface area contributed by atoms with Gasteiger partial charge < -0.3 is 14.6 Å². The van der Waals surface area contributed by atoms with E-state index in [-0.39, 0.29) is 5.91 Å². The molecule has 0 saturated heterocycles. The van der Waals surface area contributed by atoms with Gasteiger partial charge in [-0.25, -0.2) is 4.98 Å². The summed E-state index contributed by atoms with van der Waals surface area (Å²) in [6, 6.07) is 7.00. The SMILES string of the molecule is C[C@H](Oc1cccc(Cl)c1)C(=O)NCCCn1ccnc1. The van der Waals surface area contributed by atoms with Crippen molar-refractivity contribution in [3.63, 3.8) is 0 Å². The standard InChI is InChI=1S/C15H18ClN3O2/c1-12(21-14-5-2-4-13(16)10-14)15(20)18-6-3-8-19-9-7-17-11-19/h2,4-5,7,9-12H,3,6,8H2,1H3,(H,18,20)/t12-/m0/s1. The number of nitrogens with one attached hydrogen (secondary N) is 1. The van der Waals surface area contributed by atoms with Crippen LogP contribution in [0.15, 0.2) is 43.0 Å². The number of amides is 1. The first-order chi connectivity index (χ1) is 10.1. The molecule has 2 aromatic rings. The largest absolute Gasteiger partial charge is 0.481 e. The van der Waals surface area contributed by atoms with Gasteiger partial charge in [0.05, 0.1) is 6.33 Å². The second-order valence-electron chi connectivity index (χ2n) is 4.66. The van der Waals surface area contributed by atoms with Crippen molar-refractivity contribution in [3.8, 4) is 5.75 Å². The minimum atomic E-state index is -0.559. The van der Waals surface area contributed by atoms with Crippen LogP contribution in [-0.2, 0) is 11.3 Å². The van der Waals surface area contributed by atoms with E-state index in [1.807, 2.05) is 10.8 Å². The molecule has 0 spiro atoms. The topological polar surface area (TPSA) is 56.1 Å². The van der Waals surface area contributed by atoms with Gasteiger partial charge in [0, 0.05) is 30.5 Å². The van der Waals surface area contributed by atoms with E-state index >= 15 is 0 Å². The number of rotatable bonds is 7. The lowest BCUT2D eigenvalue weighted by molar-refractivity contribution is -0.127. The smallest absolute Gasteiger partial charge is 0.260 e. The van der Waals surface area contributed by atoms with Crippen molar-refractivity contribution in [3.05, 3.63) is 48.0 Å². The highest BCUT2D eigenvalue weighted by molar-refractivity contribution is 6.30. The Labute approximate surface area is 128 Å². The molecule has 0 aliphatic rings. The molecule has 0 saturated carbocycles. The van der Waals surface area contributed by atoms with Crippen LogP contribution < -0.4 is 10.1 Å². The van der Waals surface area contributed by atoms with Crippen molar-refractivity contribution < 1.29 is 9.53 Å². The maximum absolute atomic E-state index is 11.9. The maximum atomic E-state index is 11.9. The van der Waals surface area contributed by atoms with Crippen molar-refractivity contribution in [1.82, 2.24) is 14.9 Å². The van der Waals surface area contributed by atoms with E-state index in [1.165, 1.54) is 0 Å². The molecule has 1 aromatic carbocycles. The van der Waals surface area contributed by atoms with Gasteiger partial charge in [-0.1, -0.05) is 17.7 Å². The summed E-state index contributed by atoms with van der Waals surface area (Å²) in [6.45, 7) is 3.14. The zero-order valence-corrected chi connectivity index (χ0v) is 12.6. The summed E-state index contributed by atoms with van der Waals surface area (Å²) in [6.07, 6.45) is 5.67. The predicted molar refractivity (Wildman–Crippen MR) is 81.4 cm³/mol. The van der Waals surface area contributed by atoms with Crippen LogP contribution in [0.1, 0.15) is 13.3 Å². The predicted octanol–water partition coefficient (Wildman–Crippen LogP) is 2.51. The van der Waals surface area contributed by atoms with Crippen LogP contribution in [0, 0.1) is 0 Å². The second kappa shape index (κ2) is 7.69. The molecule has 0 fully saturated rings. The molecule has 112 valence electrons. The monoisotopic (exact) mass is 307 g/mol. The molecule has 1 atom stereocenters. The van der Waals surface area contributed by atoms with E-state index in [1.54, 1.807) is 43.7 Å².